The summed E-state index contributed by atoms with van der Waals surface area (Å²) in [4.78, 5) is 15.2. The van der Waals surface area contributed by atoms with Crippen LogP contribution in [0.5, 0.6) is 0 Å². The average molecular weight is 414 g/mol. The van der Waals surface area contributed by atoms with Gasteiger partial charge in [0.15, 0.2) is 28.5 Å². The Morgan fingerprint density at radius 2 is 2.04 bits per heavy atom. The van der Waals surface area contributed by atoms with Gasteiger partial charge in [-0.25, -0.2) is 23.6 Å². The molecule has 0 spiro atoms. The van der Waals surface area contributed by atoms with Crippen molar-refractivity contribution in [2.75, 3.05) is 17.6 Å². The summed E-state index contributed by atoms with van der Waals surface area (Å²) in [7, 11) is 0. The fraction of sp³-hybridized carbons (Fsp3) is 0.353. The fourth-order valence-electron chi connectivity index (χ4n) is 2.04. The summed E-state index contributed by atoms with van der Waals surface area (Å²) in [5.41, 5.74) is 1.24. The van der Waals surface area contributed by atoms with Crippen LogP contribution in [0.25, 0.3) is 22.4 Å². The Kier molecular flexibility index (Phi) is 7.64. The van der Waals surface area contributed by atoms with Crippen LogP contribution in [-0.2, 0) is 11.1 Å². The van der Waals surface area contributed by atoms with Crippen LogP contribution < -0.4 is 5.32 Å². The van der Waals surface area contributed by atoms with Crippen LogP contribution in [0.4, 0.5) is 10.2 Å². The normalized spacial score (nSPS) is 12.0. The molecule has 7 nitrogen and oxygen atoms in total. The Bertz CT molecular complexity index is 932. The van der Waals surface area contributed by atoms with Gasteiger partial charge in [0.25, 0.3) is 0 Å². The molecule has 3 heterocycles. The van der Waals surface area contributed by atoms with E-state index in [0.717, 1.165) is 12.1 Å². The summed E-state index contributed by atoms with van der Waals surface area (Å²) in [6.07, 6.45) is 4.21. The summed E-state index contributed by atoms with van der Waals surface area (Å²) < 4.78 is 33.1. The molecule has 0 aliphatic carbocycles. The van der Waals surface area contributed by atoms with E-state index in [2.05, 4.69) is 46.0 Å². The average Bonchev–Trinajstić information content (AvgIpc) is 2.99. The van der Waals surface area contributed by atoms with E-state index in [9.17, 15) is 8.60 Å². The largest absolute Gasteiger partial charge is 0.367 e. The van der Waals surface area contributed by atoms with Crippen LogP contribution in [0, 0.1) is 11.7 Å². The molecule has 3 aromatic heterocycles. The zero-order chi connectivity index (χ0) is 20.0. The predicted octanol–water partition coefficient (Wildman–Crippen LogP) is 4.11. The summed E-state index contributed by atoms with van der Waals surface area (Å²) in [6.45, 7) is 6.61. The highest BCUT2D eigenvalue weighted by Crippen LogP contribution is 2.28. The molecule has 3 N–H and O–H groups in total. The maximum absolute atomic E-state index is 13.7. The molecule has 1 atom stereocenters. The Morgan fingerprint density at radius 1 is 1.33 bits per heavy atom. The van der Waals surface area contributed by atoms with E-state index in [1.807, 2.05) is 0 Å². The van der Waals surface area contributed by atoms with E-state index in [-0.39, 0.29) is 23.9 Å². The van der Waals surface area contributed by atoms with E-state index in [1.165, 1.54) is 6.20 Å². The second-order valence-electron chi connectivity index (χ2n) is 6.33. The van der Waals surface area contributed by atoms with Crippen LogP contribution in [0.15, 0.2) is 24.7 Å². The lowest BCUT2D eigenvalue weighted by Crippen LogP contribution is -2.12. The lowest BCUT2D eigenvalue weighted by atomic mass is 10.2. The first-order valence-corrected chi connectivity index (χ1v) is 9.90. The first-order chi connectivity index (χ1) is 12.8. The van der Waals surface area contributed by atoms with Gasteiger partial charge in [-0.15, -0.1) is 0 Å². The molecule has 10 heteroatoms. The van der Waals surface area contributed by atoms with Gasteiger partial charge in [0, 0.05) is 29.9 Å². The third kappa shape index (κ3) is 6.23. The van der Waals surface area contributed by atoms with Crippen LogP contribution in [0.2, 0.25) is 5.02 Å². The van der Waals surface area contributed by atoms with Crippen LogP contribution in [0.3, 0.4) is 0 Å². The lowest BCUT2D eigenvalue weighted by Gasteiger charge is -2.06. The molecule has 146 valence electrons. The minimum Gasteiger partial charge on any atom is -0.367 e. The van der Waals surface area contributed by atoms with Gasteiger partial charge in [0.2, 0.25) is 0 Å². The first-order valence-electron chi connectivity index (χ1n) is 8.24. The maximum Gasteiger partial charge on any atom is 0.183 e. The van der Waals surface area contributed by atoms with Gasteiger partial charge in [-0.2, -0.15) is 0 Å². The third-order valence-electron chi connectivity index (χ3n) is 3.05. The second-order valence-corrected chi connectivity index (χ2v) is 7.81. The van der Waals surface area contributed by atoms with Crippen molar-refractivity contribution in [1.82, 2.24) is 19.9 Å². The fourth-order valence-corrected chi connectivity index (χ4v) is 2.48. The number of aromatic nitrogens is 4. The van der Waals surface area contributed by atoms with Crippen molar-refractivity contribution in [1.29, 1.82) is 0 Å². The minimum absolute atomic E-state index is 0.0363. The highest BCUT2D eigenvalue weighted by Gasteiger charge is 2.13. The van der Waals surface area contributed by atoms with Crippen LogP contribution in [-0.4, -0.2) is 41.0 Å². The molecule has 0 amide bonds. The molecule has 0 saturated carbocycles. The predicted molar refractivity (Wildman–Crippen MR) is 107 cm³/mol. The number of H-pyrrole nitrogens is 1. The zero-order valence-corrected chi connectivity index (χ0v) is 16.7. The van der Waals surface area contributed by atoms with Crippen LogP contribution >= 0.6 is 11.6 Å². The van der Waals surface area contributed by atoms with Crippen molar-refractivity contribution in [2.45, 2.75) is 20.8 Å². The number of rotatable bonds is 5. The van der Waals surface area contributed by atoms with Gasteiger partial charge in [-0.05, 0) is 12.0 Å². The molecular weight excluding hydrogens is 393 g/mol. The molecule has 0 saturated heterocycles. The Labute approximate surface area is 164 Å². The van der Waals surface area contributed by atoms with E-state index in [4.69, 9.17) is 16.2 Å². The zero-order valence-electron chi connectivity index (χ0n) is 15.2. The highest BCUT2D eigenvalue weighted by molar-refractivity contribution is 7.79. The summed E-state index contributed by atoms with van der Waals surface area (Å²) in [5.74, 6) is 0.401. The Hall–Kier alpha value is -2.10. The first kappa shape index (κ1) is 21.2. The van der Waals surface area contributed by atoms with Crippen molar-refractivity contribution in [3.05, 3.63) is 35.5 Å². The summed E-state index contributed by atoms with van der Waals surface area (Å²) >= 11 is 3.99. The number of hydrogen-bond acceptors (Lipinski definition) is 5. The van der Waals surface area contributed by atoms with Gasteiger partial charge >= 0.3 is 0 Å². The van der Waals surface area contributed by atoms with E-state index >= 15 is 0 Å². The number of nitrogens with zero attached hydrogens (tertiary/aromatic N) is 3. The smallest absolute Gasteiger partial charge is 0.183 e. The molecular formula is C17H21ClFN5O2S. The van der Waals surface area contributed by atoms with Crippen molar-refractivity contribution in [3.8, 4) is 11.4 Å². The summed E-state index contributed by atoms with van der Waals surface area (Å²) in [6, 6.07) is 1.71. The Morgan fingerprint density at radius 3 is 2.70 bits per heavy atom. The number of aromatic amines is 1. The molecule has 3 aromatic rings. The molecule has 0 radical (unpaired) electrons. The second kappa shape index (κ2) is 9.72. The number of halogens is 2. The van der Waals surface area contributed by atoms with Gasteiger partial charge in [0.1, 0.15) is 5.65 Å². The van der Waals surface area contributed by atoms with E-state index in [0.29, 0.717) is 21.6 Å². The molecule has 27 heavy (non-hydrogen) atoms. The number of fused-ring (bicyclic) bond motifs is 1. The Balaban J connectivity index is 0.000000596. The topological polar surface area (TPSA) is 104 Å². The molecule has 0 aromatic carbocycles. The maximum atomic E-state index is 13.7. The number of nitrogens with one attached hydrogen (secondary N) is 2. The molecule has 0 bridgehead atoms. The molecule has 0 aliphatic heterocycles. The quantitative estimate of drug-likeness (QED) is 0.544. The lowest BCUT2D eigenvalue weighted by molar-refractivity contribution is 0.564. The van der Waals surface area contributed by atoms with Crippen molar-refractivity contribution < 1.29 is 13.2 Å². The van der Waals surface area contributed by atoms with E-state index < -0.39 is 16.9 Å². The third-order valence-corrected chi connectivity index (χ3v) is 3.81. The van der Waals surface area contributed by atoms with Gasteiger partial charge < -0.3 is 14.9 Å². The van der Waals surface area contributed by atoms with Gasteiger partial charge in [0.05, 0.1) is 17.0 Å². The standard InChI is InChI=1S/C13H11ClFN5O2S.C4H10/c14-7-3-8-9(5-18-11(8)17-4-7)12-19-6-10(15)13(20-12)16-1-2-23(21)22;1-4(2)3/h3-6H,1-2H2,(H,17,18)(H,21,22)(H,16,19,20);4H,1-3H3. The number of hydrogen-bond donors (Lipinski definition) is 3. The van der Waals surface area contributed by atoms with Crippen LogP contribution in [0.1, 0.15) is 20.8 Å². The summed E-state index contributed by atoms with van der Waals surface area (Å²) in [5, 5.41) is 3.85. The molecule has 3 rings (SSSR count). The molecule has 0 aliphatic rings. The number of pyridine rings is 1. The minimum atomic E-state index is -1.96. The van der Waals surface area contributed by atoms with Crippen molar-refractivity contribution in [2.24, 2.45) is 5.92 Å². The van der Waals surface area contributed by atoms with E-state index in [1.54, 1.807) is 12.3 Å². The van der Waals surface area contributed by atoms with Crippen molar-refractivity contribution >= 4 is 39.5 Å². The monoisotopic (exact) mass is 413 g/mol. The highest BCUT2D eigenvalue weighted by atomic mass is 35.5. The van der Waals surface area contributed by atoms with Gasteiger partial charge in [-0.1, -0.05) is 32.4 Å². The van der Waals surface area contributed by atoms with Gasteiger partial charge in [-0.3, -0.25) is 0 Å². The molecule has 0 fully saturated rings. The van der Waals surface area contributed by atoms with Crippen molar-refractivity contribution in [3.63, 3.8) is 0 Å². The SMILES string of the molecule is CC(C)C.O=S(O)CCNc1nc(-c2c[nH]c3ncc(Cl)cc23)ncc1F. The number of anilines is 1. The molecule has 1 unspecified atom stereocenters.